The van der Waals surface area contributed by atoms with Crippen LogP contribution in [0.15, 0.2) is 219 Å². The summed E-state index contributed by atoms with van der Waals surface area (Å²) in [5, 5.41) is 0. The zero-order valence-electron chi connectivity index (χ0n) is 62.6. The minimum absolute atomic E-state index is 0.0428. The molecule has 0 amide bonds. The van der Waals surface area contributed by atoms with E-state index in [1.807, 2.05) is 0 Å². The van der Waals surface area contributed by atoms with Gasteiger partial charge in [0.1, 0.15) is 6.61 Å². The third kappa shape index (κ3) is 81.2. The van der Waals surface area contributed by atoms with Crippen LogP contribution < -0.4 is 5.73 Å². The number of carbonyl (C=O) groups is 2. The molecule has 99 heavy (non-hydrogen) atoms. The van der Waals surface area contributed by atoms with Crippen LogP contribution in [0.3, 0.4) is 0 Å². The number of esters is 2. The highest BCUT2D eigenvalue weighted by atomic mass is 31.2. The van der Waals surface area contributed by atoms with Crippen molar-refractivity contribution in [1.82, 2.24) is 0 Å². The molecular weight excluding hydrogens is 1240 g/mol. The SMILES string of the molecule is CC/C=C\C/C=C\C/C=C\C/C=C\C/C=C\C/C=C\C/C=C\C/C=C\C/C=C\CCCCCCCCCCCCCCCC(=O)OC(COC(=O)CCCCCCCCCCC/C=C\C/C=C\C/C=C\C/C=C\C/C=C\C/C=C\C/C=C\C/C=C\C/C=C\CC)COP(=O)(O)OCCN. The second kappa shape index (κ2) is 81.3. The average Bonchev–Trinajstić information content (AvgIpc) is 1.19. The molecule has 0 saturated carbocycles. The molecule has 0 rings (SSSR count). The summed E-state index contributed by atoms with van der Waals surface area (Å²) in [6, 6.07) is 0. The highest BCUT2D eigenvalue weighted by Gasteiger charge is 2.26. The first-order valence-corrected chi connectivity index (χ1v) is 40.7. The van der Waals surface area contributed by atoms with Crippen molar-refractivity contribution in [2.45, 2.75) is 302 Å². The van der Waals surface area contributed by atoms with Crippen molar-refractivity contribution in [2.24, 2.45) is 5.73 Å². The summed E-state index contributed by atoms with van der Waals surface area (Å²) in [7, 11) is -4.41. The van der Waals surface area contributed by atoms with Crippen LogP contribution in [0.1, 0.15) is 296 Å². The molecule has 0 spiro atoms. The van der Waals surface area contributed by atoms with E-state index in [9.17, 15) is 19.0 Å². The first kappa shape index (κ1) is 93.3. The van der Waals surface area contributed by atoms with E-state index in [2.05, 4.69) is 233 Å². The van der Waals surface area contributed by atoms with E-state index >= 15 is 0 Å². The van der Waals surface area contributed by atoms with Gasteiger partial charge in [-0.25, -0.2) is 4.57 Å². The summed E-state index contributed by atoms with van der Waals surface area (Å²) in [6.45, 7) is 3.50. The van der Waals surface area contributed by atoms with Gasteiger partial charge in [-0.1, -0.05) is 348 Å². The van der Waals surface area contributed by atoms with Gasteiger partial charge < -0.3 is 20.1 Å². The highest BCUT2D eigenvalue weighted by Crippen LogP contribution is 2.43. The third-order valence-electron chi connectivity index (χ3n) is 15.9. The molecule has 2 atom stereocenters. The molecular formula is C89H142NO8P. The fourth-order valence-electron chi connectivity index (χ4n) is 10.2. The monoisotopic (exact) mass is 1380 g/mol. The number of ether oxygens (including phenoxy) is 2. The summed E-state index contributed by atoms with van der Waals surface area (Å²) in [6.07, 6.45) is 126. The molecule has 10 heteroatoms. The van der Waals surface area contributed by atoms with Gasteiger partial charge in [-0.3, -0.25) is 18.6 Å². The van der Waals surface area contributed by atoms with Crippen molar-refractivity contribution < 1.29 is 37.6 Å². The van der Waals surface area contributed by atoms with E-state index in [1.165, 1.54) is 96.3 Å². The number of unbranched alkanes of at least 4 members (excludes halogenated alkanes) is 22. The topological polar surface area (TPSA) is 134 Å². The molecule has 2 unspecified atom stereocenters. The Labute approximate surface area is 607 Å². The minimum atomic E-state index is -4.41. The zero-order valence-corrected chi connectivity index (χ0v) is 63.5. The van der Waals surface area contributed by atoms with Crippen molar-refractivity contribution in [3.8, 4) is 0 Å². The molecule has 556 valence electrons. The number of carbonyl (C=O) groups excluding carboxylic acids is 2. The van der Waals surface area contributed by atoms with Gasteiger partial charge in [0, 0.05) is 19.4 Å². The van der Waals surface area contributed by atoms with Crippen LogP contribution in [0.4, 0.5) is 0 Å². The molecule has 0 aromatic carbocycles. The number of hydrogen-bond donors (Lipinski definition) is 2. The van der Waals surface area contributed by atoms with Crippen molar-refractivity contribution in [2.75, 3.05) is 26.4 Å². The summed E-state index contributed by atoms with van der Waals surface area (Å²) in [5.41, 5.74) is 5.41. The third-order valence-corrected chi connectivity index (χ3v) is 16.8. The highest BCUT2D eigenvalue weighted by molar-refractivity contribution is 7.47. The average molecular weight is 1390 g/mol. The number of phosphoric ester groups is 1. The first-order chi connectivity index (χ1) is 48.8. The molecule has 0 saturated heterocycles. The second-order valence-corrected chi connectivity index (χ2v) is 26.6. The van der Waals surface area contributed by atoms with Gasteiger partial charge in [0.05, 0.1) is 13.2 Å². The molecule has 0 aromatic rings. The van der Waals surface area contributed by atoms with Crippen LogP contribution in [-0.2, 0) is 32.7 Å². The van der Waals surface area contributed by atoms with Crippen molar-refractivity contribution >= 4 is 19.8 Å². The van der Waals surface area contributed by atoms with Crippen LogP contribution in [0.25, 0.3) is 0 Å². The van der Waals surface area contributed by atoms with Gasteiger partial charge in [0.15, 0.2) is 6.10 Å². The van der Waals surface area contributed by atoms with Gasteiger partial charge in [-0.15, -0.1) is 0 Å². The fraction of sp³-hybridized carbons (Fsp3) is 0.573. The maximum Gasteiger partial charge on any atom is 0.472 e. The Morgan fingerprint density at radius 2 is 0.525 bits per heavy atom. The Balaban J connectivity index is 3.94. The van der Waals surface area contributed by atoms with E-state index in [1.54, 1.807) is 0 Å². The molecule has 0 radical (unpaired) electrons. The van der Waals surface area contributed by atoms with E-state index < -0.39 is 32.5 Å². The Kier molecular flexibility index (Phi) is 76.6. The number of rotatable bonds is 71. The lowest BCUT2D eigenvalue weighted by Gasteiger charge is -2.19. The molecule has 0 aliphatic rings. The Morgan fingerprint density at radius 3 is 0.778 bits per heavy atom. The number of hydrogen-bond acceptors (Lipinski definition) is 8. The predicted molar refractivity (Wildman–Crippen MR) is 431 cm³/mol. The van der Waals surface area contributed by atoms with E-state index in [0.717, 1.165) is 161 Å². The Bertz CT molecular complexity index is 2440. The summed E-state index contributed by atoms with van der Waals surface area (Å²) < 4.78 is 33.2. The number of allylic oxidation sites excluding steroid dienone is 36. The quantitative estimate of drug-likeness (QED) is 0.0264. The smallest absolute Gasteiger partial charge is 0.462 e. The van der Waals surface area contributed by atoms with Gasteiger partial charge >= 0.3 is 19.8 Å². The van der Waals surface area contributed by atoms with Crippen molar-refractivity contribution in [3.05, 3.63) is 219 Å². The van der Waals surface area contributed by atoms with Crippen LogP contribution >= 0.6 is 7.82 Å². The minimum Gasteiger partial charge on any atom is -0.462 e. The van der Waals surface area contributed by atoms with Crippen molar-refractivity contribution in [1.29, 1.82) is 0 Å². The van der Waals surface area contributed by atoms with Crippen LogP contribution in [-0.4, -0.2) is 49.3 Å². The standard InChI is InChI=1S/C89H142NO8P/c1-3-5-7-9-11-13-15-17-19-21-23-25-27-29-31-33-35-37-39-41-42-43-44-46-48-50-52-54-56-58-60-62-64-66-68-70-72-74-76-78-80-82-89(92)98-87(86-97-99(93,94)96-84-83-90)85-95-88(91)81-79-77-75-73-71-69-67-65-63-61-59-57-55-53-51-49-47-45-40-38-36-34-32-30-28-26-24-22-20-18-16-14-12-10-8-6-4-2/h5-8,11-14,17-20,23-26,29-32,35-38,41-42,44-47,50-53,57,59,87H,3-4,9-10,15-16,21-22,27-28,33-34,39-40,43,48-49,54-56,58,60-86,90H2,1-2H3,(H,93,94)/b7-5-,8-6-,13-11-,14-12-,19-17-,20-18-,25-23-,26-24-,31-29-,32-30-,37-35-,38-36-,42-41-,46-44-,47-45-,52-50-,53-51-,59-57-. The first-order valence-electron chi connectivity index (χ1n) is 39.2. The lowest BCUT2D eigenvalue weighted by molar-refractivity contribution is -0.161. The van der Waals surface area contributed by atoms with E-state index in [0.29, 0.717) is 12.8 Å². The van der Waals surface area contributed by atoms with Crippen LogP contribution in [0, 0.1) is 0 Å². The van der Waals surface area contributed by atoms with Crippen LogP contribution in [0.5, 0.6) is 0 Å². The summed E-state index contributed by atoms with van der Waals surface area (Å²) in [4.78, 5) is 35.5. The molecule has 9 nitrogen and oxygen atoms in total. The lowest BCUT2D eigenvalue weighted by Crippen LogP contribution is -2.29. The number of nitrogens with two attached hydrogens (primary N) is 1. The van der Waals surface area contributed by atoms with E-state index in [-0.39, 0.29) is 32.6 Å². The molecule has 0 aliphatic heterocycles. The molecule has 0 aliphatic carbocycles. The van der Waals surface area contributed by atoms with Gasteiger partial charge in [0.2, 0.25) is 0 Å². The largest absolute Gasteiger partial charge is 0.472 e. The van der Waals surface area contributed by atoms with Crippen molar-refractivity contribution in [3.63, 3.8) is 0 Å². The zero-order chi connectivity index (χ0) is 71.5. The summed E-state index contributed by atoms with van der Waals surface area (Å²) >= 11 is 0. The van der Waals surface area contributed by atoms with Gasteiger partial charge in [-0.2, -0.15) is 0 Å². The predicted octanol–water partition coefficient (Wildman–Crippen LogP) is 26.7. The molecule has 0 heterocycles. The maximum atomic E-state index is 12.8. The Hall–Kier alpha value is -5.67. The van der Waals surface area contributed by atoms with Crippen LogP contribution in [0.2, 0.25) is 0 Å². The normalized spacial score (nSPS) is 14.1. The van der Waals surface area contributed by atoms with E-state index in [4.69, 9.17) is 24.3 Å². The number of phosphoric acid groups is 1. The molecule has 0 bridgehead atoms. The molecule has 0 aromatic heterocycles. The molecule has 3 N–H and O–H groups in total. The lowest BCUT2D eigenvalue weighted by atomic mass is 10.0. The second-order valence-electron chi connectivity index (χ2n) is 25.1. The maximum absolute atomic E-state index is 12.8. The van der Waals surface area contributed by atoms with Gasteiger partial charge in [0.25, 0.3) is 0 Å². The fourth-order valence-corrected chi connectivity index (χ4v) is 10.9. The summed E-state index contributed by atoms with van der Waals surface area (Å²) in [5.74, 6) is -0.845. The van der Waals surface area contributed by atoms with Gasteiger partial charge in [-0.05, 0) is 154 Å². The Morgan fingerprint density at radius 1 is 0.303 bits per heavy atom. The molecule has 0 fully saturated rings.